The molecular formula is C14H24N4O4S. The molecular weight excluding hydrogens is 320 g/mol. The maximum Gasteiger partial charge on any atom is 0.270 e. The van der Waals surface area contributed by atoms with E-state index in [0.29, 0.717) is 12.2 Å². The van der Waals surface area contributed by atoms with Crippen LogP contribution in [0.4, 0.5) is 11.4 Å². The number of hydrogen-bond donors (Lipinski definition) is 2. The fraction of sp³-hybridized carbons (Fsp3) is 0.571. The van der Waals surface area contributed by atoms with Crippen LogP contribution in [0.1, 0.15) is 20.3 Å². The summed E-state index contributed by atoms with van der Waals surface area (Å²) >= 11 is 0. The van der Waals surface area contributed by atoms with Crippen molar-refractivity contribution in [3.05, 3.63) is 28.3 Å². The van der Waals surface area contributed by atoms with Crippen molar-refractivity contribution in [2.24, 2.45) is 0 Å². The monoisotopic (exact) mass is 344 g/mol. The maximum atomic E-state index is 12.0. The molecule has 1 aromatic rings. The molecule has 0 amide bonds. The van der Waals surface area contributed by atoms with E-state index in [2.05, 4.69) is 28.8 Å². The molecule has 0 atom stereocenters. The first-order chi connectivity index (χ1) is 10.9. The van der Waals surface area contributed by atoms with E-state index in [4.69, 9.17) is 0 Å². The molecule has 0 saturated heterocycles. The standard InChI is InChI=1S/C14H24N4O4S/c1-4-17(5-2)10-6-9-16-13-8-7-12(18(19)20)11-14(13)23(21,22)15-3/h7-8,11,15-16H,4-6,9-10H2,1-3H3. The van der Waals surface area contributed by atoms with E-state index in [0.717, 1.165) is 32.1 Å². The molecule has 1 rings (SSSR count). The fourth-order valence-corrected chi connectivity index (χ4v) is 3.09. The molecule has 0 heterocycles. The highest BCUT2D eigenvalue weighted by molar-refractivity contribution is 7.89. The summed E-state index contributed by atoms with van der Waals surface area (Å²) in [5.74, 6) is 0. The van der Waals surface area contributed by atoms with Crippen LogP contribution in [0.3, 0.4) is 0 Å². The maximum absolute atomic E-state index is 12.0. The molecule has 0 spiro atoms. The summed E-state index contributed by atoms with van der Waals surface area (Å²) < 4.78 is 26.3. The topological polar surface area (TPSA) is 105 Å². The van der Waals surface area contributed by atoms with E-state index in [1.807, 2.05) is 0 Å². The summed E-state index contributed by atoms with van der Waals surface area (Å²) in [6, 6.07) is 3.79. The molecule has 0 aliphatic carbocycles. The molecule has 0 bridgehead atoms. The van der Waals surface area contributed by atoms with Gasteiger partial charge in [-0.3, -0.25) is 10.1 Å². The molecule has 0 aliphatic heterocycles. The van der Waals surface area contributed by atoms with E-state index in [-0.39, 0.29) is 10.6 Å². The average molecular weight is 344 g/mol. The largest absolute Gasteiger partial charge is 0.384 e. The van der Waals surface area contributed by atoms with Crippen LogP contribution in [0.2, 0.25) is 0 Å². The van der Waals surface area contributed by atoms with Gasteiger partial charge in [0.25, 0.3) is 5.69 Å². The van der Waals surface area contributed by atoms with Gasteiger partial charge in [-0.25, -0.2) is 13.1 Å². The first-order valence-electron chi connectivity index (χ1n) is 7.53. The first-order valence-corrected chi connectivity index (χ1v) is 9.02. The minimum absolute atomic E-state index is 0.114. The number of non-ortho nitro benzene ring substituents is 1. The van der Waals surface area contributed by atoms with Gasteiger partial charge in [0.2, 0.25) is 10.0 Å². The van der Waals surface area contributed by atoms with Gasteiger partial charge in [-0.05, 0) is 39.2 Å². The Kier molecular flexibility index (Phi) is 7.40. The van der Waals surface area contributed by atoms with Crippen molar-refractivity contribution < 1.29 is 13.3 Å². The second-order valence-electron chi connectivity index (χ2n) is 4.95. The molecule has 8 nitrogen and oxygen atoms in total. The van der Waals surface area contributed by atoms with Gasteiger partial charge >= 0.3 is 0 Å². The predicted molar refractivity (Wildman–Crippen MR) is 90.2 cm³/mol. The lowest BCUT2D eigenvalue weighted by molar-refractivity contribution is -0.385. The lowest BCUT2D eigenvalue weighted by atomic mass is 10.2. The van der Waals surface area contributed by atoms with E-state index in [1.54, 1.807) is 0 Å². The van der Waals surface area contributed by atoms with Gasteiger partial charge in [0.15, 0.2) is 0 Å². The van der Waals surface area contributed by atoms with Crippen molar-refractivity contribution in [1.29, 1.82) is 0 Å². The zero-order valence-corrected chi connectivity index (χ0v) is 14.5. The minimum atomic E-state index is -3.78. The van der Waals surface area contributed by atoms with E-state index in [1.165, 1.54) is 19.2 Å². The van der Waals surface area contributed by atoms with Gasteiger partial charge < -0.3 is 10.2 Å². The summed E-state index contributed by atoms with van der Waals surface area (Å²) in [5, 5.41) is 13.9. The predicted octanol–water partition coefficient (Wildman–Crippen LogP) is 1.65. The van der Waals surface area contributed by atoms with Gasteiger partial charge in [-0.2, -0.15) is 0 Å². The van der Waals surface area contributed by atoms with Crippen LogP contribution in [-0.2, 0) is 10.0 Å². The second-order valence-corrected chi connectivity index (χ2v) is 6.81. The second kappa shape index (κ2) is 8.80. The highest BCUT2D eigenvalue weighted by Gasteiger charge is 2.20. The van der Waals surface area contributed by atoms with E-state index >= 15 is 0 Å². The Balaban J connectivity index is 2.87. The van der Waals surface area contributed by atoms with Crippen molar-refractivity contribution in [3.63, 3.8) is 0 Å². The summed E-state index contributed by atoms with van der Waals surface area (Å²) in [4.78, 5) is 12.4. The van der Waals surface area contributed by atoms with Crippen molar-refractivity contribution in [3.8, 4) is 0 Å². The molecule has 2 N–H and O–H groups in total. The van der Waals surface area contributed by atoms with Crippen LogP contribution in [0.5, 0.6) is 0 Å². The molecule has 23 heavy (non-hydrogen) atoms. The lowest BCUT2D eigenvalue weighted by Crippen LogP contribution is -2.26. The van der Waals surface area contributed by atoms with Crippen LogP contribution in [0, 0.1) is 10.1 Å². The molecule has 130 valence electrons. The molecule has 0 unspecified atom stereocenters. The molecule has 0 fully saturated rings. The number of nitrogens with zero attached hydrogens (tertiary/aromatic N) is 2. The highest BCUT2D eigenvalue weighted by Crippen LogP contribution is 2.26. The number of nitro benzene ring substituents is 1. The van der Waals surface area contributed by atoms with E-state index in [9.17, 15) is 18.5 Å². The molecule has 0 radical (unpaired) electrons. The van der Waals surface area contributed by atoms with Crippen molar-refractivity contribution in [2.45, 2.75) is 25.2 Å². The van der Waals surface area contributed by atoms with Gasteiger partial charge in [0.05, 0.1) is 10.6 Å². The van der Waals surface area contributed by atoms with E-state index < -0.39 is 14.9 Å². The third kappa shape index (κ3) is 5.45. The molecule has 9 heteroatoms. The normalized spacial score (nSPS) is 11.7. The van der Waals surface area contributed by atoms with Gasteiger partial charge in [-0.15, -0.1) is 0 Å². The quantitative estimate of drug-likeness (QED) is 0.380. The minimum Gasteiger partial charge on any atom is -0.384 e. The van der Waals surface area contributed by atoms with Crippen molar-refractivity contribution in [2.75, 3.05) is 38.5 Å². The first kappa shape index (κ1) is 19.3. The summed E-state index contributed by atoms with van der Waals surface area (Å²) in [5.41, 5.74) is 0.108. The SMILES string of the molecule is CCN(CC)CCCNc1ccc([N+](=O)[O-])cc1S(=O)(=O)NC. The van der Waals surface area contributed by atoms with Crippen LogP contribution >= 0.6 is 0 Å². The third-order valence-corrected chi connectivity index (χ3v) is 5.05. The van der Waals surface area contributed by atoms with Gasteiger partial charge in [0.1, 0.15) is 4.90 Å². The summed E-state index contributed by atoms with van der Waals surface area (Å²) in [6.07, 6.45) is 0.845. The van der Waals surface area contributed by atoms with Gasteiger partial charge in [-0.1, -0.05) is 13.8 Å². The Hall–Kier alpha value is -1.71. The number of rotatable bonds is 10. The Bertz CT molecular complexity index is 630. The van der Waals surface area contributed by atoms with Crippen LogP contribution in [0.15, 0.2) is 23.1 Å². The molecule has 0 aromatic heterocycles. The Morgan fingerprint density at radius 2 is 1.91 bits per heavy atom. The molecule has 1 aromatic carbocycles. The fourth-order valence-electron chi connectivity index (χ4n) is 2.17. The number of benzene rings is 1. The number of nitrogens with one attached hydrogen (secondary N) is 2. The number of sulfonamides is 1. The zero-order chi connectivity index (χ0) is 17.5. The molecule has 0 saturated carbocycles. The van der Waals surface area contributed by atoms with Crippen LogP contribution in [-0.4, -0.2) is 51.5 Å². The molecule has 0 aliphatic rings. The average Bonchev–Trinajstić information content (AvgIpc) is 2.54. The smallest absolute Gasteiger partial charge is 0.270 e. The number of anilines is 1. The van der Waals surface area contributed by atoms with Crippen molar-refractivity contribution >= 4 is 21.4 Å². The Morgan fingerprint density at radius 1 is 1.26 bits per heavy atom. The highest BCUT2D eigenvalue weighted by atomic mass is 32.2. The summed E-state index contributed by atoms with van der Waals surface area (Å²) in [7, 11) is -2.50. The van der Waals surface area contributed by atoms with Crippen LogP contribution in [0.25, 0.3) is 0 Å². The zero-order valence-electron chi connectivity index (χ0n) is 13.7. The Labute approximate surface area is 137 Å². The Morgan fingerprint density at radius 3 is 2.43 bits per heavy atom. The van der Waals surface area contributed by atoms with Crippen LogP contribution < -0.4 is 10.0 Å². The number of hydrogen-bond acceptors (Lipinski definition) is 6. The van der Waals surface area contributed by atoms with Crippen molar-refractivity contribution in [1.82, 2.24) is 9.62 Å². The van der Waals surface area contributed by atoms with Gasteiger partial charge in [0, 0.05) is 18.7 Å². The number of nitro groups is 1. The lowest BCUT2D eigenvalue weighted by Gasteiger charge is -2.18. The third-order valence-electron chi connectivity index (χ3n) is 3.60. The summed E-state index contributed by atoms with van der Waals surface area (Å²) in [6.45, 7) is 7.60.